The van der Waals surface area contributed by atoms with Crippen molar-refractivity contribution in [1.82, 2.24) is 24.8 Å². The Kier molecular flexibility index (Phi) is 6.39. The van der Waals surface area contributed by atoms with Crippen molar-refractivity contribution in [2.75, 3.05) is 19.0 Å². The first-order chi connectivity index (χ1) is 16.4. The first-order valence-electron chi connectivity index (χ1n) is 10.6. The highest BCUT2D eigenvalue weighted by molar-refractivity contribution is 5.97. The molecule has 0 aliphatic heterocycles. The minimum absolute atomic E-state index is 0.249. The molecule has 0 aliphatic carbocycles. The van der Waals surface area contributed by atoms with Gasteiger partial charge in [-0.3, -0.25) is 14.6 Å². The Morgan fingerprint density at radius 3 is 2.74 bits per heavy atom. The van der Waals surface area contributed by atoms with E-state index < -0.39 is 18.4 Å². The van der Waals surface area contributed by atoms with Gasteiger partial charge in [0.2, 0.25) is 5.95 Å². The topological polar surface area (TPSA) is 131 Å². The number of nitrogens with one attached hydrogen (secondary N) is 2. The van der Waals surface area contributed by atoms with Crippen LogP contribution in [0, 0.1) is 0 Å². The smallest absolute Gasteiger partial charge is 0.322 e. The second-order valence-electron chi connectivity index (χ2n) is 7.82. The van der Waals surface area contributed by atoms with Crippen molar-refractivity contribution in [1.29, 1.82) is 0 Å². The number of carboxylic acid groups (broad SMARTS) is 1. The molecule has 10 heteroatoms. The maximum atomic E-state index is 12.3. The fourth-order valence-corrected chi connectivity index (χ4v) is 3.62. The molecule has 174 valence electrons. The fraction of sp³-hybridized carbons (Fsp3) is 0.208. The Bertz CT molecular complexity index is 1360. The molecule has 0 fully saturated rings. The molecule has 0 unspecified atom stereocenters. The van der Waals surface area contributed by atoms with Crippen LogP contribution >= 0.6 is 0 Å². The molecule has 3 heterocycles. The zero-order chi connectivity index (χ0) is 24.2. The van der Waals surface area contributed by atoms with Gasteiger partial charge in [-0.25, -0.2) is 9.97 Å². The van der Waals surface area contributed by atoms with Gasteiger partial charge >= 0.3 is 5.97 Å². The number of ether oxygens (including phenoxy) is 1. The molecule has 3 aromatic heterocycles. The molecular weight excluding hydrogens is 436 g/mol. The molecule has 3 N–H and O–H groups in total. The summed E-state index contributed by atoms with van der Waals surface area (Å²) in [5.74, 6) is -0.845. The van der Waals surface area contributed by atoms with Gasteiger partial charge in [-0.2, -0.15) is 0 Å². The van der Waals surface area contributed by atoms with E-state index in [1.807, 2.05) is 18.3 Å². The van der Waals surface area contributed by atoms with Gasteiger partial charge in [0.15, 0.2) is 0 Å². The van der Waals surface area contributed by atoms with Gasteiger partial charge < -0.3 is 25.0 Å². The van der Waals surface area contributed by atoms with Crippen molar-refractivity contribution < 1.29 is 19.4 Å². The molecule has 0 bridgehead atoms. The molecule has 0 spiro atoms. The molecule has 1 aromatic carbocycles. The number of carboxylic acids is 1. The van der Waals surface area contributed by atoms with E-state index in [-0.39, 0.29) is 11.6 Å². The molecule has 10 nitrogen and oxygen atoms in total. The van der Waals surface area contributed by atoms with E-state index in [0.717, 1.165) is 22.2 Å². The summed E-state index contributed by atoms with van der Waals surface area (Å²) in [5.41, 5.74) is 3.43. The lowest BCUT2D eigenvalue weighted by Crippen LogP contribution is -2.29. The van der Waals surface area contributed by atoms with Crippen LogP contribution in [0.15, 0.2) is 55.1 Å². The van der Waals surface area contributed by atoms with Crippen LogP contribution in [0.3, 0.4) is 0 Å². The molecule has 0 saturated carbocycles. The van der Waals surface area contributed by atoms with Crippen molar-refractivity contribution in [3.63, 3.8) is 0 Å². The SMILES string of the molecule is COc1ccc(C(=O)NCC(=O)O)cc1Nc1nccc(-c2cn(C(C)C)c3cnccc23)n1. The van der Waals surface area contributed by atoms with Crippen LogP contribution in [0.25, 0.3) is 22.2 Å². The molecule has 0 saturated heterocycles. The number of anilines is 2. The van der Waals surface area contributed by atoms with Crippen molar-refractivity contribution in [2.45, 2.75) is 19.9 Å². The van der Waals surface area contributed by atoms with Gasteiger partial charge in [0.1, 0.15) is 12.3 Å². The number of carbonyl (C=O) groups excluding carboxylic acids is 1. The summed E-state index contributed by atoms with van der Waals surface area (Å²) in [7, 11) is 1.51. The van der Waals surface area contributed by atoms with Crippen LogP contribution < -0.4 is 15.4 Å². The Balaban J connectivity index is 1.67. The Morgan fingerprint density at radius 2 is 2.00 bits per heavy atom. The standard InChI is InChI=1S/C24H24N6O4/c1-14(2)30-13-17(16-6-8-25-11-20(16)30)18-7-9-26-24(28-18)29-19-10-15(4-5-21(19)34-3)23(33)27-12-22(31)32/h4-11,13-14H,12H2,1-3H3,(H,27,33)(H,31,32)(H,26,28,29). The van der Waals surface area contributed by atoms with Crippen molar-refractivity contribution in [3.05, 3.63) is 60.7 Å². The van der Waals surface area contributed by atoms with Crippen LogP contribution in [0.5, 0.6) is 5.75 Å². The summed E-state index contributed by atoms with van der Waals surface area (Å²) in [6, 6.07) is 8.76. The average Bonchev–Trinajstić information content (AvgIpc) is 3.23. The Morgan fingerprint density at radius 1 is 1.18 bits per heavy atom. The van der Waals surface area contributed by atoms with E-state index in [4.69, 9.17) is 9.84 Å². The lowest BCUT2D eigenvalue weighted by atomic mass is 10.1. The molecule has 1 amide bonds. The largest absolute Gasteiger partial charge is 0.495 e. The van der Waals surface area contributed by atoms with E-state index in [1.54, 1.807) is 30.6 Å². The normalized spacial score (nSPS) is 10.9. The van der Waals surface area contributed by atoms with Crippen LogP contribution in [-0.4, -0.2) is 50.2 Å². The lowest BCUT2D eigenvalue weighted by Gasteiger charge is -2.12. The van der Waals surface area contributed by atoms with E-state index in [2.05, 4.69) is 50.2 Å². The van der Waals surface area contributed by atoms with Gasteiger partial charge in [-0.15, -0.1) is 0 Å². The van der Waals surface area contributed by atoms with E-state index in [9.17, 15) is 9.59 Å². The third-order valence-electron chi connectivity index (χ3n) is 5.23. The Hall–Kier alpha value is -4.47. The predicted octanol–water partition coefficient (Wildman–Crippen LogP) is 3.64. The highest BCUT2D eigenvalue weighted by Crippen LogP contribution is 2.32. The lowest BCUT2D eigenvalue weighted by molar-refractivity contribution is -0.135. The number of amides is 1. The second kappa shape index (κ2) is 9.57. The highest BCUT2D eigenvalue weighted by atomic mass is 16.5. The van der Waals surface area contributed by atoms with Crippen LogP contribution in [0.4, 0.5) is 11.6 Å². The first-order valence-corrected chi connectivity index (χ1v) is 10.6. The van der Waals surface area contributed by atoms with Crippen LogP contribution in [0.2, 0.25) is 0 Å². The van der Waals surface area contributed by atoms with Gasteiger partial charge in [0.05, 0.1) is 30.2 Å². The highest BCUT2D eigenvalue weighted by Gasteiger charge is 2.15. The molecule has 0 atom stereocenters. The monoisotopic (exact) mass is 460 g/mol. The number of methoxy groups -OCH3 is 1. The summed E-state index contributed by atoms with van der Waals surface area (Å²) in [5, 5.41) is 15.3. The predicted molar refractivity (Wildman–Crippen MR) is 127 cm³/mol. The first kappa shape index (κ1) is 22.7. The summed E-state index contributed by atoms with van der Waals surface area (Å²) in [6.07, 6.45) is 7.30. The van der Waals surface area contributed by atoms with E-state index in [1.165, 1.54) is 7.11 Å². The molecule has 4 aromatic rings. The summed E-state index contributed by atoms with van der Waals surface area (Å²) < 4.78 is 7.55. The van der Waals surface area contributed by atoms with Gasteiger partial charge in [0.25, 0.3) is 5.91 Å². The number of fused-ring (bicyclic) bond motifs is 1. The number of nitrogens with zero attached hydrogens (tertiary/aromatic N) is 4. The number of rotatable bonds is 8. The molecule has 0 aliphatic rings. The van der Waals surface area contributed by atoms with Crippen LogP contribution in [-0.2, 0) is 4.79 Å². The van der Waals surface area contributed by atoms with Crippen LogP contribution in [0.1, 0.15) is 30.2 Å². The number of carbonyl (C=O) groups is 2. The zero-order valence-corrected chi connectivity index (χ0v) is 18.9. The number of aliphatic carboxylic acids is 1. The fourth-order valence-electron chi connectivity index (χ4n) is 3.62. The summed E-state index contributed by atoms with van der Waals surface area (Å²) in [4.78, 5) is 36.3. The number of pyridine rings is 1. The summed E-state index contributed by atoms with van der Waals surface area (Å²) >= 11 is 0. The second-order valence-corrected chi connectivity index (χ2v) is 7.82. The summed E-state index contributed by atoms with van der Waals surface area (Å²) in [6.45, 7) is 3.74. The maximum Gasteiger partial charge on any atom is 0.322 e. The molecular formula is C24H24N6O4. The van der Waals surface area contributed by atoms with E-state index >= 15 is 0 Å². The van der Waals surface area contributed by atoms with Crippen molar-refractivity contribution in [3.8, 4) is 17.0 Å². The van der Waals surface area contributed by atoms with Gasteiger partial charge in [-0.05, 0) is 44.2 Å². The molecule has 34 heavy (non-hydrogen) atoms. The number of hydrogen-bond donors (Lipinski definition) is 3. The Labute approximate surface area is 195 Å². The molecule has 0 radical (unpaired) electrons. The van der Waals surface area contributed by atoms with Gasteiger partial charge in [0, 0.05) is 41.1 Å². The minimum atomic E-state index is -1.12. The average molecular weight is 460 g/mol. The number of benzene rings is 1. The van der Waals surface area contributed by atoms with Gasteiger partial charge in [-0.1, -0.05) is 0 Å². The van der Waals surface area contributed by atoms with Crippen molar-refractivity contribution >= 4 is 34.4 Å². The number of hydrogen-bond acceptors (Lipinski definition) is 7. The zero-order valence-electron chi connectivity index (χ0n) is 18.9. The quantitative estimate of drug-likeness (QED) is 0.363. The number of aromatic nitrogens is 4. The van der Waals surface area contributed by atoms with Crippen molar-refractivity contribution in [2.24, 2.45) is 0 Å². The third-order valence-corrected chi connectivity index (χ3v) is 5.23. The molecule has 4 rings (SSSR count). The minimum Gasteiger partial charge on any atom is -0.495 e. The van der Waals surface area contributed by atoms with E-state index in [0.29, 0.717) is 17.4 Å². The third kappa shape index (κ3) is 4.65. The maximum absolute atomic E-state index is 12.3.